The summed E-state index contributed by atoms with van der Waals surface area (Å²) < 4.78 is 9.57. The first kappa shape index (κ1) is 11.4. The van der Waals surface area contributed by atoms with E-state index in [4.69, 9.17) is 19.7 Å². The van der Waals surface area contributed by atoms with Crippen LogP contribution in [-0.4, -0.2) is 27.7 Å². The van der Waals surface area contributed by atoms with E-state index in [0.29, 0.717) is 0 Å². The van der Waals surface area contributed by atoms with Crippen molar-refractivity contribution in [2.24, 2.45) is 5.73 Å². The van der Waals surface area contributed by atoms with Crippen LogP contribution in [0.2, 0.25) is 0 Å². The molecule has 0 spiro atoms. The molecule has 0 aliphatic rings. The molecule has 5 N–H and O–H groups in total. The van der Waals surface area contributed by atoms with Crippen LogP contribution in [0.3, 0.4) is 0 Å². The molecule has 0 radical (unpaired) electrons. The summed E-state index contributed by atoms with van der Waals surface area (Å²) in [6, 6.07) is 0. The predicted molar refractivity (Wildman–Crippen MR) is 29.8 cm³/mol. The SMILES string of the molecule is NCP(=O)(O)O.O=CO. The zero-order valence-electron chi connectivity index (χ0n) is 4.47. The van der Waals surface area contributed by atoms with Gasteiger partial charge in [0, 0.05) is 0 Å². The molecule has 9 heavy (non-hydrogen) atoms. The van der Waals surface area contributed by atoms with Crippen molar-refractivity contribution in [2.45, 2.75) is 0 Å². The molecule has 0 rings (SSSR count). The Morgan fingerprint density at radius 1 is 1.56 bits per heavy atom. The van der Waals surface area contributed by atoms with Gasteiger partial charge in [0.05, 0.1) is 6.29 Å². The number of hydrogen-bond donors (Lipinski definition) is 4. The van der Waals surface area contributed by atoms with Crippen molar-refractivity contribution in [3.8, 4) is 0 Å². The van der Waals surface area contributed by atoms with Crippen LogP contribution >= 0.6 is 7.60 Å². The van der Waals surface area contributed by atoms with Gasteiger partial charge < -0.3 is 20.6 Å². The minimum Gasteiger partial charge on any atom is -0.483 e. The molecule has 0 aliphatic heterocycles. The summed E-state index contributed by atoms with van der Waals surface area (Å²) in [5.41, 5.74) is 4.54. The van der Waals surface area contributed by atoms with Crippen LogP contribution in [0.4, 0.5) is 0 Å². The van der Waals surface area contributed by atoms with Gasteiger partial charge in [-0.2, -0.15) is 0 Å². The monoisotopic (exact) mass is 157 g/mol. The van der Waals surface area contributed by atoms with Crippen LogP contribution in [0.1, 0.15) is 0 Å². The summed E-state index contributed by atoms with van der Waals surface area (Å²) in [6.07, 6.45) is -0.562. The molecule has 0 atom stereocenters. The van der Waals surface area contributed by atoms with Crippen molar-refractivity contribution in [3.05, 3.63) is 0 Å². The molecule has 0 saturated carbocycles. The van der Waals surface area contributed by atoms with Crippen molar-refractivity contribution in [2.75, 3.05) is 6.29 Å². The molecule has 0 aromatic carbocycles. The van der Waals surface area contributed by atoms with E-state index >= 15 is 0 Å². The molecule has 0 aromatic rings. The zero-order valence-corrected chi connectivity index (χ0v) is 5.36. The van der Waals surface area contributed by atoms with E-state index in [1.54, 1.807) is 0 Å². The van der Waals surface area contributed by atoms with E-state index in [9.17, 15) is 4.57 Å². The average Bonchev–Trinajstić information content (AvgIpc) is 1.67. The molecule has 56 valence electrons. The second-order valence-electron chi connectivity index (χ2n) is 0.953. The quantitative estimate of drug-likeness (QED) is 0.279. The molecular formula is C2H8NO5P. The number of carbonyl (C=O) groups is 1. The predicted octanol–water partition coefficient (Wildman–Crippen LogP) is -1.22. The molecule has 0 bridgehead atoms. The van der Waals surface area contributed by atoms with Gasteiger partial charge in [0.15, 0.2) is 0 Å². The first-order chi connectivity index (χ1) is 3.97. The fourth-order valence-electron chi connectivity index (χ4n) is 0. The third-order valence-electron chi connectivity index (χ3n) is 0.238. The van der Waals surface area contributed by atoms with Crippen molar-refractivity contribution < 1.29 is 24.3 Å². The lowest BCUT2D eigenvalue weighted by Crippen LogP contribution is -1.97. The van der Waals surface area contributed by atoms with Gasteiger partial charge in [-0.05, 0) is 0 Å². The van der Waals surface area contributed by atoms with E-state index in [1.807, 2.05) is 0 Å². The molecule has 0 fully saturated rings. The molecule has 0 aliphatic carbocycles. The highest BCUT2D eigenvalue weighted by atomic mass is 31.2. The standard InChI is InChI=1S/CH6NO3P.CH2O2/c2-1-6(3,4)5;2-1-3/h1-2H2,(H2,3,4,5);1H,(H,2,3). The summed E-state index contributed by atoms with van der Waals surface area (Å²) in [6.45, 7) is -0.250. The number of carboxylic acid groups (broad SMARTS) is 1. The molecule has 0 unspecified atom stereocenters. The Hall–Kier alpha value is -0.420. The maximum atomic E-state index is 9.57. The summed E-state index contributed by atoms with van der Waals surface area (Å²) in [5, 5.41) is 6.89. The van der Waals surface area contributed by atoms with Crippen LogP contribution in [0.25, 0.3) is 0 Å². The van der Waals surface area contributed by atoms with Gasteiger partial charge in [0.25, 0.3) is 6.47 Å². The molecule has 0 saturated heterocycles. The third kappa shape index (κ3) is 35.5. The Labute approximate surface area is 51.5 Å². The minimum absolute atomic E-state index is 0.250. The van der Waals surface area contributed by atoms with Crippen LogP contribution in [0.15, 0.2) is 0 Å². The molecule has 0 amide bonds. The Kier molecular flexibility index (Phi) is 7.23. The Bertz CT molecular complexity index is 108. The smallest absolute Gasteiger partial charge is 0.338 e. The second-order valence-corrected chi connectivity index (χ2v) is 2.65. The highest BCUT2D eigenvalue weighted by Crippen LogP contribution is 2.30. The van der Waals surface area contributed by atoms with Crippen molar-refractivity contribution >= 4 is 14.1 Å². The van der Waals surface area contributed by atoms with Crippen LogP contribution < -0.4 is 5.73 Å². The minimum atomic E-state index is -3.87. The van der Waals surface area contributed by atoms with Crippen molar-refractivity contribution in [1.29, 1.82) is 0 Å². The molecule has 0 heterocycles. The molecule has 7 heteroatoms. The van der Waals surface area contributed by atoms with E-state index in [1.165, 1.54) is 0 Å². The van der Waals surface area contributed by atoms with Gasteiger partial charge in [-0.3, -0.25) is 9.36 Å². The van der Waals surface area contributed by atoms with Crippen molar-refractivity contribution in [3.63, 3.8) is 0 Å². The van der Waals surface area contributed by atoms with Gasteiger partial charge in [-0.1, -0.05) is 0 Å². The topological polar surface area (TPSA) is 121 Å². The largest absolute Gasteiger partial charge is 0.483 e. The van der Waals surface area contributed by atoms with E-state index in [0.717, 1.165) is 0 Å². The maximum absolute atomic E-state index is 9.57. The van der Waals surface area contributed by atoms with Gasteiger partial charge in [0.1, 0.15) is 0 Å². The zero-order chi connectivity index (χ0) is 7.91. The Morgan fingerprint density at radius 2 is 1.67 bits per heavy atom. The Balaban J connectivity index is 0. The first-order valence-corrected chi connectivity index (χ1v) is 3.60. The summed E-state index contributed by atoms with van der Waals surface area (Å²) in [4.78, 5) is 24.0. The van der Waals surface area contributed by atoms with E-state index in [-0.39, 0.29) is 6.47 Å². The summed E-state index contributed by atoms with van der Waals surface area (Å²) in [7, 11) is -3.87. The van der Waals surface area contributed by atoms with E-state index in [2.05, 4.69) is 5.73 Å². The first-order valence-electron chi connectivity index (χ1n) is 1.80. The average molecular weight is 157 g/mol. The van der Waals surface area contributed by atoms with Crippen LogP contribution in [0.5, 0.6) is 0 Å². The highest BCUT2D eigenvalue weighted by Gasteiger charge is 2.05. The van der Waals surface area contributed by atoms with Crippen molar-refractivity contribution in [1.82, 2.24) is 0 Å². The summed E-state index contributed by atoms with van der Waals surface area (Å²) in [5.74, 6) is 0. The normalized spacial score (nSPS) is 9.22. The fraction of sp³-hybridized carbons (Fsp3) is 0.500. The van der Waals surface area contributed by atoms with Crippen LogP contribution in [-0.2, 0) is 9.36 Å². The lowest BCUT2D eigenvalue weighted by atomic mass is 11.6. The summed E-state index contributed by atoms with van der Waals surface area (Å²) >= 11 is 0. The molecule has 6 nitrogen and oxygen atoms in total. The van der Waals surface area contributed by atoms with Gasteiger partial charge in [-0.15, -0.1) is 0 Å². The lowest BCUT2D eigenvalue weighted by molar-refractivity contribution is -0.122. The highest BCUT2D eigenvalue weighted by molar-refractivity contribution is 7.51. The Morgan fingerprint density at radius 3 is 1.67 bits per heavy atom. The maximum Gasteiger partial charge on any atom is 0.338 e. The van der Waals surface area contributed by atoms with Gasteiger partial charge >= 0.3 is 7.60 Å². The molecular weight excluding hydrogens is 149 g/mol. The number of nitrogens with two attached hydrogens (primary N) is 1. The third-order valence-corrected chi connectivity index (χ3v) is 0.714. The molecule has 0 aromatic heterocycles. The van der Waals surface area contributed by atoms with Crippen LogP contribution in [0, 0.1) is 0 Å². The van der Waals surface area contributed by atoms with Gasteiger partial charge in [-0.25, -0.2) is 0 Å². The lowest BCUT2D eigenvalue weighted by Gasteiger charge is -1.92. The number of hydrogen-bond acceptors (Lipinski definition) is 3. The van der Waals surface area contributed by atoms with Gasteiger partial charge in [0.2, 0.25) is 0 Å². The fourth-order valence-corrected chi connectivity index (χ4v) is 0. The number of rotatable bonds is 1. The second kappa shape index (κ2) is 5.71. The van der Waals surface area contributed by atoms with E-state index < -0.39 is 13.9 Å².